The van der Waals surface area contributed by atoms with Gasteiger partial charge in [-0.25, -0.2) is 0 Å². The van der Waals surface area contributed by atoms with E-state index in [-0.39, 0.29) is 45.9 Å². The second-order valence-electron chi connectivity index (χ2n) is 3.56. The predicted octanol–water partition coefficient (Wildman–Crippen LogP) is 0.879. The van der Waals surface area contributed by atoms with Gasteiger partial charge in [-0.05, 0) is 25.7 Å². The molecule has 26 heavy (non-hydrogen) atoms. The zero-order valence-corrected chi connectivity index (χ0v) is 14.6. The molecule has 0 rings (SSSR count). The molecule has 0 unspecified atom stereocenters. The Morgan fingerprint density at radius 3 is 1.12 bits per heavy atom. The molecule has 0 heterocycles. The molecule has 5 radical (unpaired) electrons. The second-order valence-corrected chi connectivity index (χ2v) is 3.56. The Balaban J connectivity index is -0.000000157. The molecular formula is C13H18F6O6Rh. The maximum Gasteiger partial charge on any atom is 0.454 e. The molecule has 0 bridgehead atoms. The number of hydrogen-bond acceptors (Lipinski definition) is 6. The molecule has 0 aliphatic heterocycles. The topological polar surface area (TPSA) is 118 Å². The number of halogens is 6. The van der Waals surface area contributed by atoms with Crippen LogP contribution in [0.2, 0.25) is 0 Å². The molecule has 157 valence electrons. The Bertz CT molecular complexity index is 344. The van der Waals surface area contributed by atoms with E-state index < -0.39 is 30.0 Å². The zero-order chi connectivity index (χ0) is 20.5. The van der Waals surface area contributed by atoms with Gasteiger partial charge in [0.05, 0.1) is 0 Å². The molecule has 5 N–H and O–H groups in total. The molecule has 0 aliphatic rings. The number of rotatable bonds is 7. The van der Waals surface area contributed by atoms with E-state index in [1.54, 1.807) is 0 Å². The second kappa shape index (κ2) is 19.0. The fraction of sp³-hybridized carbons (Fsp3) is 0.462. The molecule has 0 saturated carbocycles. The summed E-state index contributed by atoms with van der Waals surface area (Å²) in [5.41, 5.74) is 0. The molecule has 0 aromatic heterocycles. The van der Waals surface area contributed by atoms with Crippen LogP contribution < -0.4 is 0 Å². The van der Waals surface area contributed by atoms with Gasteiger partial charge in [0.2, 0.25) is 5.76 Å². The first-order valence-electron chi connectivity index (χ1n) is 6.20. The minimum absolute atomic E-state index is 0. The fourth-order valence-corrected chi connectivity index (χ4v) is 0.586. The normalized spacial score (nSPS) is 11.4. The number of hydrogen-bond donors (Lipinski definition) is 5. The molecule has 0 spiro atoms. The Morgan fingerprint density at radius 1 is 0.692 bits per heavy atom. The van der Waals surface area contributed by atoms with Gasteiger partial charge in [-0.2, -0.15) is 26.3 Å². The van der Waals surface area contributed by atoms with Gasteiger partial charge in [-0.15, -0.1) is 0 Å². The number of alkyl halides is 6. The summed E-state index contributed by atoms with van der Waals surface area (Å²) in [7, 11) is 0. The number of ketones is 1. The van der Waals surface area contributed by atoms with Crippen LogP contribution in [0.25, 0.3) is 0 Å². The number of unbranched alkanes of at least 4 members (excludes halogenated alkanes) is 2. The number of allylic oxidation sites excluding steroid dienone is 2. The van der Waals surface area contributed by atoms with Crippen LogP contribution in [0.4, 0.5) is 26.3 Å². The largest absolute Gasteiger partial charge is 0.504 e. The third-order valence-electron chi connectivity index (χ3n) is 1.59. The van der Waals surface area contributed by atoms with Crippen LogP contribution in [0.15, 0.2) is 11.8 Å². The van der Waals surface area contributed by atoms with Crippen molar-refractivity contribution in [1.29, 1.82) is 0 Å². The molecule has 0 fully saturated rings. The molecule has 0 atom stereocenters. The van der Waals surface area contributed by atoms with Crippen LogP contribution in [0.3, 0.4) is 0 Å². The van der Waals surface area contributed by atoms with Crippen LogP contribution in [0.1, 0.15) is 0 Å². The van der Waals surface area contributed by atoms with Crippen LogP contribution in [0.5, 0.6) is 0 Å². The minimum Gasteiger partial charge on any atom is -0.504 e. The van der Waals surface area contributed by atoms with Crippen molar-refractivity contribution in [1.82, 2.24) is 0 Å². The molecular weight excluding hydrogens is 469 g/mol. The molecule has 0 saturated heterocycles. The molecule has 0 aromatic rings. The first-order chi connectivity index (χ1) is 11.4. The summed E-state index contributed by atoms with van der Waals surface area (Å²) in [6.45, 7) is 0.0578. The van der Waals surface area contributed by atoms with Gasteiger partial charge >= 0.3 is 12.4 Å². The van der Waals surface area contributed by atoms with Crippen molar-refractivity contribution in [3.05, 3.63) is 37.5 Å². The van der Waals surface area contributed by atoms with E-state index in [0.29, 0.717) is 0 Å². The summed E-state index contributed by atoms with van der Waals surface area (Å²) in [6, 6.07) is 0. The van der Waals surface area contributed by atoms with Crippen molar-refractivity contribution < 1.29 is 76.1 Å². The van der Waals surface area contributed by atoms with Crippen molar-refractivity contribution in [2.75, 3.05) is 26.4 Å². The zero-order valence-electron chi connectivity index (χ0n) is 13.0. The SMILES string of the molecule is O=C(/C=C(\O)C(F)(F)F)C(F)(F)F.OC[CH][CH]CO.OC[CH][CH]CO.[Rh]. The smallest absolute Gasteiger partial charge is 0.454 e. The Labute approximate surface area is 158 Å². The number of aliphatic hydroxyl groups is 5. The quantitative estimate of drug-likeness (QED) is 0.120. The van der Waals surface area contributed by atoms with Gasteiger partial charge in [0.1, 0.15) is 0 Å². The number of carbonyl (C=O) groups excluding carboxylic acids is 1. The van der Waals surface area contributed by atoms with Gasteiger partial charge in [-0.3, -0.25) is 4.79 Å². The third kappa shape index (κ3) is 25.5. The molecule has 0 aliphatic carbocycles. The maximum atomic E-state index is 11.4. The molecule has 13 heteroatoms. The van der Waals surface area contributed by atoms with E-state index in [2.05, 4.69) is 0 Å². The van der Waals surface area contributed by atoms with Crippen LogP contribution >= 0.6 is 0 Å². The van der Waals surface area contributed by atoms with E-state index in [4.69, 9.17) is 25.5 Å². The van der Waals surface area contributed by atoms with Gasteiger partial charge < -0.3 is 25.5 Å². The van der Waals surface area contributed by atoms with Gasteiger partial charge in [0, 0.05) is 52.0 Å². The summed E-state index contributed by atoms with van der Waals surface area (Å²) in [5.74, 6) is -5.34. The van der Waals surface area contributed by atoms with E-state index in [1.807, 2.05) is 0 Å². The maximum absolute atomic E-state index is 11.4. The van der Waals surface area contributed by atoms with Crippen molar-refractivity contribution in [2.24, 2.45) is 0 Å². The summed E-state index contributed by atoms with van der Waals surface area (Å²) in [4.78, 5) is 9.86. The van der Waals surface area contributed by atoms with Gasteiger partial charge in [0.15, 0.2) is 0 Å². The van der Waals surface area contributed by atoms with Crippen molar-refractivity contribution >= 4 is 5.78 Å². The van der Waals surface area contributed by atoms with Crippen molar-refractivity contribution in [3.8, 4) is 0 Å². The fourth-order valence-electron chi connectivity index (χ4n) is 0.586. The molecule has 6 nitrogen and oxygen atoms in total. The number of aliphatic hydroxyl groups excluding tert-OH is 5. The van der Waals surface area contributed by atoms with E-state index in [9.17, 15) is 31.1 Å². The Kier molecular flexibility index (Phi) is 24.1. The monoisotopic (exact) mass is 487 g/mol. The molecule has 0 amide bonds. The van der Waals surface area contributed by atoms with Gasteiger partial charge in [-0.1, -0.05) is 0 Å². The summed E-state index contributed by atoms with van der Waals surface area (Å²) >= 11 is 0. The average molecular weight is 487 g/mol. The van der Waals surface area contributed by atoms with E-state index >= 15 is 0 Å². The summed E-state index contributed by atoms with van der Waals surface area (Å²) < 4.78 is 68.1. The first kappa shape index (κ1) is 32.9. The minimum atomic E-state index is -5.42. The van der Waals surface area contributed by atoms with Crippen molar-refractivity contribution in [3.63, 3.8) is 0 Å². The Morgan fingerprint density at radius 2 is 0.962 bits per heavy atom. The third-order valence-corrected chi connectivity index (χ3v) is 1.59. The van der Waals surface area contributed by atoms with E-state index in [1.165, 1.54) is 25.7 Å². The average Bonchev–Trinajstić information content (AvgIpc) is 2.50. The standard InChI is InChI=1S/C5H2F6O2.2C4H8O2.Rh/c6-4(7,8)2(12)1-3(13)5(9,10)11;2*5-3-1-2-4-6;/h1,12H;2*1-2,5-6H,3-4H2;/b2-1-;;;. The summed E-state index contributed by atoms with van der Waals surface area (Å²) in [5, 5.41) is 39.9. The van der Waals surface area contributed by atoms with Crippen LogP contribution in [0, 0.1) is 25.7 Å². The Hall–Kier alpha value is -0.747. The summed E-state index contributed by atoms with van der Waals surface area (Å²) in [6.07, 6.45) is -5.74. The number of carbonyl (C=O) groups is 1. The van der Waals surface area contributed by atoms with Gasteiger partial charge in [0.25, 0.3) is 5.78 Å². The molecule has 0 aromatic carbocycles. The van der Waals surface area contributed by atoms with Crippen LogP contribution in [-0.4, -0.2) is 70.1 Å². The first-order valence-corrected chi connectivity index (χ1v) is 6.20. The van der Waals surface area contributed by atoms with Crippen LogP contribution in [-0.2, 0) is 24.3 Å². The van der Waals surface area contributed by atoms with E-state index in [0.717, 1.165) is 0 Å². The van der Waals surface area contributed by atoms with Crippen molar-refractivity contribution in [2.45, 2.75) is 12.4 Å². The predicted molar refractivity (Wildman–Crippen MR) is 73.4 cm³/mol.